The summed E-state index contributed by atoms with van der Waals surface area (Å²) < 4.78 is 0. The number of rotatable bonds is 0. The molecule has 0 heterocycles. The molecule has 3 aliphatic rings. The molecular weight excluding hydrogens is 272 g/mol. The van der Waals surface area contributed by atoms with Crippen LogP contribution in [-0.4, -0.2) is 16.3 Å². The van der Waals surface area contributed by atoms with Crippen LogP contribution in [0.3, 0.4) is 0 Å². The number of benzene rings is 1. The number of aliphatic hydroxyl groups excluding tert-OH is 1. The van der Waals surface area contributed by atoms with Crippen LogP contribution in [0.4, 0.5) is 0 Å². The van der Waals surface area contributed by atoms with Gasteiger partial charge in [0, 0.05) is 0 Å². The van der Waals surface area contributed by atoms with Crippen LogP contribution in [0.5, 0.6) is 5.75 Å². The van der Waals surface area contributed by atoms with Crippen molar-refractivity contribution in [2.45, 2.75) is 57.5 Å². The highest BCUT2D eigenvalue weighted by Crippen LogP contribution is 2.61. The Labute approximate surface area is 132 Å². The summed E-state index contributed by atoms with van der Waals surface area (Å²) in [5.74, 6) is 4.79. The van der Waals surface area contributed by atoms with Gasteiger partial charge in [-0.2, -0.15) is 0 Å². The van der Waals surface area contributed by atoms with Gasteiger partial charge in [-0.05, 0) is 78.9 Å². The second-order valence-corrected chi connectivity index (χ2v) is 7.72. The Kier molecular flexibility index (Phi) is 3.07. The largest absolute Gasteiger partial charge is 0.507 e. The zero-order valence-electron chi connectivity index (χ0n) is 13.2. The third-order valence-corrected chi connectivity index (χ3v) is 6.99. The van der Waals surface area contributed by atoms with Gasteiger partial charge in [-0.15, -0.1) is 6.42 Å². The van der Waals surface area contributed by atoms with Crippen molar-refractivity contribution in [2.75, 3.05) is 0 Å². The Morgan fingerprint density at radius 2 is 2.05 bits per heavy atom. The molecule has 0 aromatic heterocycles. The summed E-state index contributed by atoms with van der Waals surface area (Å²) in [7, 11) is 0. The third kappa shape index (κ3) is 1.72. The van der Waals surface area contributed by atoms with E-state index in [9.17, 15) is 10.2 Å². The topological polar surface area (TPSA) is 40.5 Å². The first kappa shape index (κ1) is 14.2. The van der Waals surface area contributed by atoms with Crippen LogP contribution in [0.25, 0.3) is 0 Å². The molecule has 1 aromatic carbocycles. The molecule has 2 heteroatoms. The van der Waals surface area contributed by atoms with Gasteiger partial charge in [0.15, 0.2) is 0 Å². The lowest BCUT2D eigenvalue weighted by Gasteiger charge is -2.50. The van der Waals surface area contributed by atoms with Crippen molar-refractivity contribution in [1.82, 2.24) is 0 Å². The van der Waals surface area contributed by atoms with Crippen molar-refractivity contribution in [3.05, 3.63) is 28.8 Å². The Bertz CT molecular complexity index is 656. The van der Waals surface area contributed by atoms with Gasteiger partial charge in [0.2, 0.25) is 0 Å². The van der Waals surface area contributed by atoms with Crippen LogP contribution in [0.2, 0.25) is 0 Å². The summed E-state index contributed by atoms with van der Waals surface area (Å²) in [6.45, 7) is 2.30. The van der Waals surface area contributed by atoms with E-state index < -0.39 is 0 Å². The fourth-order valence-electron chi connectivity index (χ4n) is 5.79. The van der Waals surface area contributed by atoms with Gasteiger partial charge >= 0.3 is 0 Å². The van der Waals surface area contributed by atoms with Gasteiger partial charge < -0.3 is 10.2 Å². The van der Waals surface area contributed by atoms with Gasteiger partial charge in [-0.25, -0.2) is 0 Å². The van der Waals surface area contributed by atoms with Crippen LogP contribution in [0.15, 0.2) is 12.1 Å². The zero-order valence-corrected chi connectivity index (χ0v) is 13.2. The van der Waals surface area contributed by atoms with E-state index in [0.717, 1.165) is 38.5 Å². The summed E-state index contributed by atoms with van der Waals surface area (Å²) in [4.78, 5) is 0. The molecule has 2 nitrogen and oxygen atoms in total. The Morgan fingerprint density at radius 3 is 2.82 bits per heavy atom. The maximum absolute atomic E-state index is 10.4. The normalized spacial score (nSPS) is 39.5. The molecule has 4 rings (SSSR count). The summed E-state index contributed by atoms with van der Waals surface area (Å²) >= 11 is 0. The molecular formula is C20H24O2. The van der Waals surface area contributed by atoms with Crippen molar-refractivity contribution < 1.29 is 10.2 Å². The first-order valence-corrected chi connectivity index (χ1v) is 8.55. The zero-order chi connectivity index (χ0) is 15.5. The fourth-order valence-corrected chi connectivity index (χ4v) is 5.79. The van der Waals surface area contributed by atoms with Crippen LogP contribution in [0, 0.1) is 29.6 Å². The molecule has 2 N–H and O–H groups in total. The predicted molar refractivity (Wildman–Crippen MR) is 86.7 cm³/mol. The van der Waals surface area contributed by atoms with Crippen molar-refractivity contribution in [3.63, 3.8) is 0 Å². The van der Waals surface area contributed by atoms with E-state index in [1.807, 2.05) is 0 Å². The Hall–Kier alpha value is -1.46. The molecule has 22 heavy (non-hydrogen) atoms. The minimum Gasteiger partial charge on any atom is -0.507 e. The van der Waals surface area contributed by atoms with Crippen molar-refractivity contribution in [2.24, 2.45) is 17.3 Å². The summed E-state index contributed by atoms with van der Waals surface area (Å²) in [5.41, 5.74) is 3.39. The van der Waals surface area contributed by atoms with Crippen LogP contribution < -0.4 is 0 Å². The monoisotopic (exact) mass is 296 g/mol. The standard InChI is InChI=1S/C20H24O2/c1-3-12-13-4-5-16-15(14(13)6-8-18(12)21)10-11-20(2)17(16)7-9-19(20)22/h1,6,8,15-17,19,21-22H,4-5,7,9-11H2,2H3/t15-,16-,17+,19+,20+/m1/s1. The highest BCUT2D eigenvalue weighted by Gasteiger charge is 2.54. The van der Waals surface area contributed by atoms with Crippen LogP contribution in [0.1, 0.15) is 61.6 Å². The fraction of sp³-hybridized carbons (Fsp3) is 0.600. The third-order valence-electron chi connectivity index (χ3n) is 6.99. The first-order chi connectivity index (χ1) is 10.6. The minimum atomic E-state index is -0.124. The van der Waals surface area contributed by atoms with Crippen molar-refractivity contribution in [3.8, 4) is 18.1 Å². The van der Waals surface area contributed by atoms with Gasteiger partial charge in [0.25, 0.3) is 0 Å². The average Bonchev–Trinajstić information content (AvgIpc) is 2.82. The SMILES string of the molecule is C#Cc1c(O)ccc2c1CC[C@@H]1[C@@H]2CC[C@]2(C)[C@@H](O)CC[C@@H]12. The molecule has 5 atom stereocenters. The van der Waals surface area contributed by atoms with Crippen LogP contribution >= 0.6 is 0 Å². The van der Waals surface area contributed by atoms with E-state index >= 15 is 0 Å². The minimum absolute atomic E-state index is 0.116. The molecule has 0 spiro atoms. The lowest BCUT2D eigenvalue weighted by Crippen LogP contribution is -2.44. The Balaban J connectivity index is 1.76. The number of hydrogen-bond donors (Lipinski definition) is 2. The number of phenols is 1. The second kappa shape index (κ2) is 4.77. The van der Waals surface area contributed by atoms with E-state index in [4.69, 9.17) is 6.42 Å². The number of aromatic hydroxyl groups is 1. The molecule has 1 aromatic rings. The highest BCUT2D eigenvalue weighted by molar-refractivity contribution is 5.55. The maximum Gasteiger partial charge on any atom is 0.131 e. The maximum atomic E-state index is 10.4. The number of aliphatic hydroxyl groups is 1. The number of phenolic OH excluding ortho intramolecular Hbond substituents is 1. The molecule has 0 amide bonds. The van der Waals surface area contributed by atoms with E-state index in [2.05, 4.69) is 18.9 Å². The van der Waals surface area contributed by atoms with Crippen molar-refractivity contribution in [1.29, 1.82) is 0 Å². The van der Waals surface area contributed by atoms with E-state index in [0.29, 0.717) is 23.3 Å². The lowest BCUT2D eigenvalue weighted by molar-refractivity contribution is -0.0226. The van der Waals surface area contributed by atoms with E-state index in [1.54, 1.807) is 6.07 Å². The quantitative estimate of drug-likeness (QED) is 0.718. The number of hydrogen-bond acceptors (Lipinski definition) is 2. The van der Waals surface area contributed by atoms with Gasteiger partial charge in [0.1, 0.15) is 5.75 Å². The average molecular weight is 296 g/mol. The van der Waals surface area contributed by atoms with Gasteiger partial charge in [-0.1, -0.05) is 18.9 Å². The molecule has 0 aliphatic heterocycles. The highest BCUT2D eigenvalue weighted by atomic mass is 16.3. The summed E-state index contributed by atoms with van der Waals surface area (Å²) in [6, 6.07) is 3.87. The predicted octanol–water partition coefficient (Wildman–Crippen LogP) is 3.59. The summed E-state index contributed by atoms with van der Waals surface area (Å²) in [6.07, 6.45) is 12.0. The molecule has 2 saturated carbocycles. The van der Waals surface area contributed by atoms with Gasteiger partial charge in [-0.3, -0.25) is 0 Å². The molecule has 0 bridgehead atoms. The number of terminal acetylenes is 1. The molecule has 0 radical (unpaired) electrons. The molecule has 2 fully saturated rings. The molecule has 0 unspecified atom stereocenters. The number of fused-ring (bicyclic) bond motifs is 5. The smallest absolute Gasteiger partial charge is 0.131 e. The van der Waals surface area contributed by atoms with Gasteiger partial charge in [0.05, 0.1) is 11.7 Å². The summed E-state index contributed by atoms with van der Waals surface area (Å²) in [5, 5.41) is 20.4. The Morgan fingerprint density at radius 1 is 1.23 bits per heavy atom. The lowest BCUT2D eigenvalue weighted by atomic mass is 9.55. The molecule has 116 valence electrons. The second-order valence-electron chi connectivity index (χ2n) is 7.72. The molecule has 3 aliphatic carbocycles. The van der Waals surface area contributed by atoms with E-state index in [-0.39, 0.29) is 17.3 Å². The van der Waals surface area contributed by atoms with E-state index in [1.165, 1.54) is 11.1 Å². The van der Waals surface area contributed by atoms with Crippen molar-refractivity contribution >= 4 is 0 Å². The molecule has 0 saturated heterocycles. The van der Waals surface area contributed by atoms with Crippen LogP contribution in [-0.2, 0) is 6.42 Å². The first-order valence-electron chi connectivity index (χ1n) is 8.55.